The highest BCUT2D eigenvalue weighted by Crippen LogP contribution is 2.39. The Morgan fingerprint density at radius 1 is 0.765 bits per heavy atom. The Labute approximate surface area is 104 Å². The molecular formula is C10H12ClN2O3P. The molecule has 0 spiro atoms. The summed E-state index contributed by atoms with van der Waals surface area (Å²) in [5.74, 6) is 0. The molecule has 0 aromatic carbocycles. The molecule has 0 atom stereocenters. The normalized spacial score (nSPS) is 9.12. The summed E-state index contributed by atoms with van der Waals surface area (Å²) >= 11 is 4.20. The molecule has 0 aliphatic rings. The van der Waals surface area contributed by atoms with Crippen molar-refractivity contribution >= 4 is 18.2 Å². The molecule has 2 rings (SSSR count). The second kappa shape index (κ2) is 9.93. The molecule has 0 fully saturated rings. The van der Waals surface area contributed by atoms with Crippen LogP contribution in [0.4, 0.5) is 0 Å². The average Bonchev–Trinajstić information content (AvgIpc) is 2.32. The number of halogens is 1. The summed E-state index contributed by atoms with van der Waals surface area (Å²) in [5, 5.41) is 0. The third-order valence-corrected chi connectivity index (χ3v) is 1.13. The summed E-state index contributed by atoms with van der Waals surface area (Å²) in [6, 6.07) is 11.4. The number of rotatable bonds is 0. The zero-order valence-corrected chi connectivity index (χ0v) is 10.4. The minimum absolute atomic E-state index is 1.75. The Bertz CT molecular complexity index is 317. The third kappa shape index (κ3) is 20.7. The molecule has 0 bridgehead atoms. The van der Waals surface area contributed by atoms with Crippen LogP contribution < -0.4 is 0 Å². The molecule has 92 valence electrons. The first kappa shape index (κ1) is 15.7. The van der Waals surface area contributed by atoms with E-state index in [4.69, 9.17) is 14.4 Å². The number of pyridine rings is 2. The molecule has 0 radical (unpaired) electrons. The van der Waals surface area contributed by atoms with Gasteiger partial charge in [0, 0.05) is 36.0 Å². The number of hydrogen-bond acceptors (Lipinski definition) is 3. The van der Waals surface area contributed by atoms with Crippen molar-refractivity contribution in [3.63, 3.8) is 0 Å². The average molecular weight is 275 g/mol. The van der Waals surface area contributed by atoms with E-state index in [1.54, 1.807) is 24.8 Å². The summed E-state index contributed by atoms with van der Waals surface area (Å²) in [6.45, 7) is -4.17. The lowest BCUT2D eigenvalue weighted by Crippen LogP contribution is -1.58. The van der Waals surface area contributed by atoms with Gasteiger partial charge in [-0.15, -0.1) is 0 Å². The van der Waals surface area contributed by atoms with Gasteiger partial charge in [-0.05, 0) is 24.3 Å². The van der Waals surface area contributed by atoms with E-state index in [9.17, 15) is 0 Å². The highest BCUT2D eigenvalue weighted by Gasteiger charge is 2.01. The number of hydrogen-bond donors (Lipinski definition) is 2. The lowest BCUT2D eigenvalue weighted by atomic mass is 10.5. The van der Waals surface area contributed by atoms with Gasteiger partial charge in [0.25, 0.3) is 0 Å². The van der Waals surface area contributed by atoms with Gasteiger partial charge in [-0.25, -0.2) is 4.57 Å². The van der Waals surface area contributed by atoms with Gasteiger partial charge in [-0.2, -0.15) is 0 Å². The fourth-order valence-electron chi connectivity index (χ4n) is 0.625. The summed E-state index contributed by atoms with van der Waals surface area (Å²) in [7, 11) is 0. The Balaban J connectivity index is 0.000000228. The fraction of sp³-hybridized carbons (Fsp3) is 0. The van der Waals surface area contributed by atoms with Crippen molar-refractivity contribution in [3.8, 4) is 0 Å². The molecule has 7 heteroatoms. The molecule has 0 amide bonds. The smallest absolute Gasteiger partial charge is 0.313 e. The van der Waals surface area contributed by atoms with E-state index in [0.717, 1.165) is 0 Å². The third-order valence-electron chi connectivity index (χ3n) is 1.13. The van der Waals surface area contributed by atoms with Gasteiger partial charge in [-0.1, -0.05) is 12.1 Å². The summed E-state index contributed by atoms with van der Waals surface area (Å²) < 4.78 is 9.09. The van der Waals surface area contributed by atoms with E-state index in [-0.39, 0.29) is 0 Å². The molecule has 0 saturated carbocycles. The largest absolute Gasteiger partial charge is 0.419 e. The van der Waals surface area contributed by atoms with E-state index < -0.39 is 6.95 Å². The van der Waals surface area contributed by atoms with Crippen molar-refractivity contribution in [2.24, 2.45) is 0 Å². The molecule has 2 aromatic rings. The molecule has 0 saturated heterocycles. The van der Waals surface area contributed by atoms with Gasteiger partial charge in [0.1, 0.15) is 0 Å². The van der Waals surface area contributed by atoms with E-state index in [0.29, 0.717) is 0 Å². The predicted molar refractivity (Wildman–Crippen MR) is 66.4 cm³/mol. The molecule has 2 N–H and O–H groups in total. The molecule has 0 aliphatic heterocycles. The van der Waals surface area contributed by atoms with Crippen LogP contribution in [-0.4, -0.2) is 19.8 Å². The van der Waals surface area contributed by atoms with Gasteiger partial charge in [0.2, 0.25) is 0 Å². The fourth-order valence-corrected chi connectivity index (χ4v) is 0.625. The van der Waals surface area contributed by atoms with Gasteiger partial charge >= 0.3 is 6.95 Å². The van der Waals surface area contributed by atoms with Crippen LogP contribution in [0.15, 0.2) is 61.2 Å². The highest BCUT2D eigenvalue weighted by molar-refractivity contribution is 7.79. The highest BCUT2D eigenvalue weighted by atomic mass is 35.7. The van der Waals surface area contributed by atoms with Gasteiger partial charge in [0.05, 0.1) is 0 Å². The van der Waals surface area contributed by atoms with Crippen molar-refractivity contribution in [1.82, 2.24) is 9.97 Å². The van der Waals surface area contributed by atoms with Crippen molar-refractivity contribution in [3.05, 3.63) is 61.2 Å². The summed E-state index contributed by atoms with van der Waals surface area (Å²) in [5.41, 5.74) is 0. The maximum atomic E-state index is 9.09. The Hall–Kier alpha value is -1.26. The van der Waals surface area contributed by atoms with E-state index in [2.05, 4.69) is 21.2 Å². The van der Waals surface area contributed by atoms with Crippen LogP contribution >= 0.6 is 18.2 Å². The first-order valence-electron chi connectivity index (χ1n) is 4.45. The SMILES string of the molecule is O=P(O)(O)Cl.c1ccncc1.c1ccncc1. The maximum absolute atomic E-state index is 9.09. The molecular weight excluding hydrogens is 263 g/mol. The van der Waals surface area contributed by atoms with Crippen molar-refractivity contribution in [1.29, 1.82) is 0 Å². The van der Waals surface area contributed by atoms with E-state index >= 15 is 0 Å². The Kier molecular flexibility index (Phi) is 9.19. The molecule has 2 heterocycles. The van der Waals surface area contributed by atoms with Crippen LogP contribution in [0.2, 0.25) is 0 Å². The minimum Gasteiger partial charge on any atom is -0.313 e. The number of nitrogens with zero attached hydrogens (tertiary/aromatic N) is 2. The Morgan fingerprint density at radius 3 is 1.06 bits per heavy atom. The second-order valence-electron chi connectivity index (χ2n) is 2.52. The van der Waals surface area contributed by atoms with Crippen LogP contribution in [0.5, 0.6) is 0 Å². The van der Waals surface area contributed by atoms with Crippen LogP contribution in [0.25, 0.3) is 0 Å². The van der Waals surface area contributed by atoms with Gasteiger partial charge < -0.3 is 9.79 Å². The maximum Gasteiger partial charge on any atom is 0.419 e. The summed E-state index contributed by atoms with van der Waals surface area (Å²) in [6.07, 6.45) is 7.00. The lowest BCUT2D eigenvalue weighted by Gasteiger charge is -1.80. The predicted octanol–water partition coefficient (Wildman–Crippen LogP) is 2.48. The first-order chi connectivity index (χ1) is 8.00. The molecule has 5 nitrogen and oxygen atoms in total. The van der Waals surface area contributed by atoms with Crippen molar-refractivity contribution in [2.75, 3.05) is 0 Å². The molecule has 2 aromatic heterocycles. The van der Waals surface area contributed by atoms with Gasteiger partial charge in [0.15, 0.2) is 0 Å². The van der Waals surface area contributed by atoms with Crippen molar-refractivity contribution in [2.45, 2.75) is 0 Å². The van der Waals surface area contributed by atoms with E-state index in [1.807, 2.05) is 36.4 Å². The summed E-state index contributed by atoms with van der Waals surface area (Å²) in [4.78, 5) is 22.4. The van der Waals surface area contributed by atoms with Gasteiger partial charge in [-0.3, -0.25) is 9.97 Å². The van der Waals surface area contributed by atoms with Crippen LogP contribution in [-0.2, 0) is 4.57 Å². The second-order valence-corrected chi connectivity index (χ2v) is 4.79. The van der Waals surface area contributed by atoms with Crippen LogP contribution in [0.1, 0.15) is 0 Å². The van der Waals surface area contributed by atoms with Crippen LogP contribution in [0.3, 0.4) is 0 Å². The molecule has 0 unspecified atom stereocenters. The standard InChI is InChI=1S/2C5H5N.ClH2O3P/c2*1-2-4-6-5-3-1;1-5(2,3)4/h2*1-5H;(H2,2,3,4). The zero-order valence-electron chi connectivity index (χ0n) is 8.80. The minimum atomic E-state index is -4.17. The number of aromatic nitrogens is 2. The monoisotopic (exact) mass is 274 g/mol. The molecule has 17 heavy (non-hydrogen) atoms. The molecule has 0 aliphatic carbocycles. The topological polar surface area (TPSA) is 83.3 Å². The lowest BCUT2D eigenvalue weighted by molar-refractivity contribution is 0.395. The first-order valence-corrected chi connectivity index (χ1v) is 6.97. The Morgan fingerprint density at radius 2 is 1.00 bits per heavy atom. The van der Waals surface area contributed by atoms with E-state index in [1.165, 1.54) is 0 Å². The van der Waals surface area contributed by atoms with Crippen molar-refractivity contribution < 1.29 is 14.4 Å². The zero-order chi connectivity index (χ0) is 13.0. The van der Waals surface area contributed by atoms with Crippen LogP contribution in [0, 0.1) is 0 Å². The quantitative estimate of drug-likeness (QED) is 0.721.